The summed E-state index contributed by atoms with van der Waals surface area (Å²) in [6, 6.07) is 4.87. The van der Waals surface area contributed by atoms with Gasteiger partial charge in [-0.15, -0.1) is 0 Å². The first kappa shape index (κ1) is 11.5. The first-order valence-electron chi connectivity index (χ1n) is 4.30. The van der Waals surface area contributed by atoms with E-state index in [4.69, 9.17) is 0 Å². The van der Waals surface area contributed by atoms with Crippen molar-refractivity contribution in [2.75, 3.05) is 0 Å². The molecule has 0 unspecified atom stereocenters. The van der Waals surface area contributed by atoms with Crippen LogP contribution in [0.15, 0.2) is 36.4 Å². The van der Waals surface area contributed by atoms with Crippen LogP contribution in [0, 0.1) is 0 Å². The van der Waals surface area contributed by atoms with Crippen molar-refractivity contribution in [1.82, 2.24) is 0 Å². The molecule has 1 aromatic rings. The second kappa shape index (κ2) is 4.77. The van der Waals surface area contributed by atoms with Crippen molar-refractivity contribution in [3.63, 3.8) is 0 Å². The zero-order valence-electron chi connectivity index (χ0n) is 7.79. The summed E-state index contributed by atoms with van der Waals surface area (Å²) in [4.78, 5) is 9.95. The summed E-state index contributed by atoms with van der Waals surface area (Å²) in [5, 5.41) is 0. The minimum atomic E-state index is -4.29. The summed E-state index contributed by atoms with van der Waals surface area (Å²) < 4.78 is 36.5. The fraction of sp³-hybridized carbons (Fsp3) is 0.182. The predicted molar refractivity (Wildman–Crippen MR) is 50.4 cm³/mol. The van der Waals surface area contributed by atoms with Crippen molar-refractivity contribution in [2.45, 2.75) is 12.6 Å². The van der Waals surface area contributed by atoms with Crippen LogP contribution in [-0.2, 0) is 17.4 Å². The van der Waals surface area contributed by atoms with Crippen molar-refractivity contribution in [1.29, 1.82) is 0 Å². The average Bonchev–Trinajstić information content (AvgIpc) is 2.18. The van der Waals surface area contributed by atoms with Gasteiger partial charge in [0.05, 0.1) is 5.56 Å². The molecule has 15 heavy (non-hydrogen) atoms. The molecule has 1 aromatic carbocycles. The van der Waals surface area contributed by atoms with Crippen LogP contribution in [-0.4, -0.2) is 6.29 Å². The normalized spacial score (nSPS) is 11.9. The molecular weight excluding hydrogens is 205 g/mol. The molecule has 0 fully saturated rings. The molecule has 0 aliphatic carbocycles. The fourth-order valence-electron chi connectivity index (χ4n) is 1.09. The highest BCUT2D eigenvalue weighted by Crippen LogP contribution is 2.29. The highest BCUT2D eigenvalue weighted by molar-refractivity contribution is 5.64. The van der Waals surface area contributed by atoms with E-state index in [-0.39, 0.29) is 0 Å². The Hall–Kier alpha value is -1.58. The monoisotopic (exact) mass is 214 g/mol. The summed E-state index contributed by atoms with van der Waals surface area (Å²) in [7, 11) is 0. The molecule has 4 heteroatoms. The Kier molecular flexibility index (Phi) is 3.66. The van der Waals surface area contributed by atoms with Gasteiger partial charge in [0.15, 0.2) is 0 Å². The summed E-state index contributed by atoms with van der Waals surface area (Å²) in [6.45, 7) is 0. The number of carbonyl (C=O) groups excluding carboxylic acids is 1. The Morgan fingerprint density at radius 2 is 1.73 bits per heavy atom. The van der Waals surface area contributed by atoms with Crippen molar-refractivity contribution in [3.8, 4) is 0 Å². The highest BCUT2D eigenvalue weighted by atomic mass is 19.4. The molecule has 0 aliphatic rings. The number of alkyl halides is 3. The minimum Gasteiger partial charge on any atom is -0.299 e. The lowest BCUT2D eigenvalue weighted by Crippen LogP contribution is -2.04. The quantitative estimate of drug-likeness (QED) is 0.558. The van der Waals surface area contributed by atoms with Gasteiger partial charge in [0.1, 0.15) is 6.29 Å². The third-order valence-corrected chi connectivity index (χ3v) is 1.85. The molecule has 0 atom stereocenters. The molecule has 0 aliphatic heterocycles. The Balaban J connectivity index is 2.72. The first-order valence-corrected chi connectivity index (χ1v) is 4.30. The van der Waals surface area contributed by atoms with E-state index in [0.717, 1.165) is 17.7 Å². The summed E-state index contributed by atoms with van der Waals surface area (Å²) >= 11 is 0. The van der Waals surface area contributed by atoms with Crippen LogP contribution in [0.3, 0.4) is 0 Å². The van der Waals surface area contributed by atoms with Crippen LogP contribution in [0.2, 0.25) is 0 Å². The topological polar surface area (TPSA) is 17.1 Å². The number of aldehydes is 1. The summed E-state index contributed by atoms with van der Waals surface area (Å²) in [5.41, 5.74) is 0.0757. The predicted octanol–water partition coefficient (Wildman–Crippen LogP) is 3.00. The second-order valence-electron chi connectivity index (χ2n) is 2.96. The number of hydrogen-bond acceptors (Lipinski definition) is 1. The summed E-state index contributed by atoms with van der Waals surface area (Å²) in [5.74, 6) is 0. The van der Waals surface area contributed by atoms with Gasteiger partial charge in [-0.1, -0.05) is 18.2 Å². The number of halogens is 3. The Labute approximate surface area is 85.2 Å². The maximum atomic E-state index is 12.2. The van der Waals surface area contributed by atoms with E-state index < -0.39 is 11.7 Å². The molecule has 0 N–H and O–H groups in total. The van der Waals surface area contributed by atoms with Gasteiger partial charge in [0.25, 0.3) is 0 Å². The number of allylic oxidation sites excluding steroid dienone is 2. The minimum absolute atomic E-state index is 0.455. The smallest absolute Gasteiger partial charge is 0.299 e. The Bertz CT molecular complexity index is 349. The standard InChI is InChI=1S/C11H9F3O/c12-11(13,14)10-6-4-9(5-7-10)3-1-2-8-15/h1-2,4-8H,3H2/b2-1+. The number of rotatable bonds is 3. The average molecular weight is 214 g/mol. The van der Waals surface area contributed by atoms with Gasteiger partial charge in [0, 0.05) is 0 Å². The maximum absolute atomic E-state index is 12.2. The lowest BCUT2D eigenvalue weighted by Gasteiger charge is -2.06. The van der Waals surface area contributed by atoms with Crippen molar-refractivity contribution in [3.05, 3.63) is 47.5 Å². The molecule has 1 rings (SSSR count). The zero-order valence-corrected chi connectivity index (χ0v) is 7.79. The molecular formula is C11H9F3O. The van der Waals surface area contributed by atoms with Gasteiger partial charge in [0.2, 0.25) is 0 Å². The Morgan fingerprint density at radius 1 is 1.13 bits per heavy atom. The molecule has 0 aromatic heterocycles. The molecule has 80 valence electrons. The van der Waals surface area contributed by atoms with Gasteiger partial charge in [-0.2, -0.15) is 13.2 Å². The van der Waals surface area contributed by atoms with E-state index in [9.17, 15) is 18.0 Å². The SMILES string of the molecule is O=C/C=C/Cc1ccc(C(F)(F)F)cc1. The van der Waals surface area contributed by atoms with Gasteiger partial charge >= 0.3 is 6.18 Å². The first-order chi connectivity index (χ1) is 7.04. The molecule has 0 saturated carbocycles. The van der Waals surface area contributed by atoms with Crippen LogP contribution in [0.4, 0.5) is 13.2 Å². The number of carbonyl (C=O) groups is 1. The van der Waals surface area contributed by atoms with E-state index in [0.29, 0.717) is 12.7 Å². The molecule has 0 bridgehead atoms. The van der Waals surface area contributed by atoms with Gasteiger partial charge in [-0.3, -0.25) is 4.79 Å². The van der Waals surface area contributed by atoms with E-state index in [1.54, 1.807) is 6.08 Å². The zero-order chi connectivity index (χ0) is 11.3. The van der Waals surface area contributed by atoms with Crippen LogP contribution in [0.25, 0.3) is 0 Å². The van der Waals surface area contributed by atoms with E-state index >= 15 is 0 Å². The van der Waals surface area contributed by atoms with Crippen molar-refractivity contribution < 1.29 is 18.0 Å². The molecule has 1 nitrogen and oxygen atoms in total. The van der Waals surface area contributed by atoms with Gasteiger partial charge < -0.3 is 0 Å². The molecule has 0 saturated heterocycles. The second-order valence-corrected chi connectivity index (χ2v) is 2.96. The highest BCUT2D eigenvalue weighted by Gasteiger charge is 2.29. The van der Waals surface area contributed by atoms with Gasteiger partial charge in [-0.05, 0) is 30.2 Å². The van der Waals surface area contributed by atoms with Crippen LogP contribution < -0.4 is 0 Å². The number of benzene rings is 1. The largest absolute Gasteiger partial charge is 0.416 e. The number of hydrogen-bond donors (Lipinski definition) is 0. The van der Waals surface area contributed by atoms with Crippen molar-refractivity contribution >= 4 is 6.29 Å². The van der Waals surface area contributed by atoms with Crippen molar-refractivity contribution in [2.24, 2.45) is 0 Å². The lowest BCUT2D eigenvalue weighted by atomic mass is 10.1. The third-order valence-electron chi connectivity index (χ3n) is 1.85. The van der Waals surface area contributed by atoms with Crippen LogP contribution >= 0.6 is 0 Å². The lowest BCUT2D eigenvalue weighted by molar-refractivity contribution is -0.137. The van der Waals surface area contributed by atoms with E-state index in [1.165, 1.54) is 18.2 Å². The van der Waals surface area contributed by atoms with E-state index in [2.05, 4.69) is 0 Å². The fourth-order valence-corrected chi connectivity index (χ4v) is 1.09. The molecule has 0 spiro atoms. The Morgan fingerprint density at radius 3 is 2.20 bits per heavy atom. The van der Waals surface area contributed by atoms with E-state index in [1.807, 2.05) is 0 Å². The van der Waals surface area contributed by atoms with Crippen LogP contribution in [0.1, 0.15) is 11.1 Å². The molecule has 0 amide bonds. The molecule has 0 heterocycles. The maximum Gasteiger partial charge on any atom is 0.416 e. The summed E-state index contributed by atoms with van der Waals surface area (Å²) in [6.07, 6.45) is -0.300. The van der Waals surface area contributed by atoms with Crippen LogP contribution in [0.5, 0.6) is 0 Å². The third kappa shape index (κ3) is 3.58. The molecule has 0 radical (unpaired) electrons. The van der Waals surface area contributed by atoms with Gasteiger partial charge in [-0.25, -0.2) is 0 Å².